The molecular weight excluding hydrogens is 259 g/mol. The molecule has 1 aliphatic carbocycles. The van der Waals surface area contributed by atoms with Gasteiger partial charge in [-0.3, -0.25) is 10.1 Å². The number of hydrogen-bond donors (Lipinski definition) is 1. The summed E-state index contributed by atoms with van der Waals surface area (Å²) in [5, 5.41) is 14.1. The van der Waals surface area contributed by atoms with Crippen LogP contribution in [0.4, 0.5) is 10.1 Å². The molecule has 0 radical (unpaired) electrons. The number of benzene rings is 1. The lowest BCUT2D eigenvalue weighted by Crippen LogP contribution is -2.21. The van der Waals surface area contributed by atoms with Crippen LogP contribution in [0.15, 0.2) is 23.8 Å². The van der Waals surface area contributed by atoms with Crippen LogP contribution >= 0.6 is 0 Å². The summed E-state index contributed by atoms with van der Waals surface area (Å²) in [5.41, 5.74) is 1.24. The van der Waals surface area contributed by atoms with Crippen LogP contribution in [0.5, 0.6) is 0 Å². The average molecular weight is 278 g/mol. The fourth-order valence-corrected chi connectivity index (χ4v) is 1.93. The minimum atomic E-state index is -0.506. The van der Waals surface area contributed by atoms with Gasteiger partial charge in [-0.15, -0.1) is 0 Å². The zero-order valence-electron chi connectivity index (χ0n) is 11.7. The van der Waals surface area contributed by atoms with E-state index >= 15 is 0 Å². The first-order chi connectivity index (χ1) is 9.47. The highest BCUT2D eigenvalue weighted by molar-refractivity contribution is 5.57. The molecule has 1 aliphatic rings. The predicted octanol–water partition coefficient (Wildman–Crippen LogP) is 3.53. The molecule has 1 saturated carbocycles. The molecular formula is C15H19FN2O2. The maximum absolute atomic E-state index is 13.8. The van der Waals surface area contributed by atoms with Crippen LogP contribution in [0, 0.1) is 21.8 Å². The minimum absolute atomic E-state index is 0.0871. The van der Waals surface area contributed by atoms with Gasteiger partial charge in [-0.1, -0.05) is 25.5 Å². The Morgan fingerprint density at radius 2 is 2.25 bits per heavy atom. The van der Waals surface area contributed by atoms with Crippen LogP contribution in [0.3, 0.4) is 0 Å². The van der Waals surface area contributed by atoms with Gasteiger partial charge in [-0.25, -0.2) is 4.39 Å². The molecule has 0 aliphatic heterocycles. The summed E-state index contributed by atoms with van der Waals surface area (Å²) in [5.74, 6) is -0.167. The number of hydrogen-bond acceptors (Lipinski definition) is 3. The lowest BCUT2D eigenvalue weighted by Gasteiger charge is -2.13. The molecule has 20 heavy (non-hydrogen) atoms. The number of rotatable bonds is 6. The zero-order chi connectivity index (χ0) is 14.7. The predicted molar refractivity (Wildman–Crippen MR) is 76.9 cm³/mol. The van der Waals surface area contributed by atoms with Crippen molar-refractivity contribution in [1.82, 2.24) is 5.32 Å². The third-order valence-corrected chi connectivity index (χ3v) is 3.45. The van der Waals surface area contributed by atoms with Crippen molar-refractivity contribution in [3.63, 3.8) is 0 Å². The summed E-state index contributed by atoms with van der Waals surface area (Å²) >= 11 is 0. The van der Waals surface area contributed by atoms with Crippen molar-refractivity contribution < 1.29 is 9.31 Å². The van der Waals surface area contributed by atoms with Gasteiger partial charge in [0, 0.05) is 30.3 Å². The molecule has 4 nitrogen and oxygen atoms in total. The smallest absolute Gasteiger partial charge is 0.270 e. The Hall–Kier alpha value is -1.75. The first kappa shape index (κ1) is 14.7. The highest BCUT2D eigenvalue weighted by Crippen LogP contribution is 2.23. The fraction of sp³-hybridized carbons (Fsp3) is 0.467. The summed E-state index contributed by atoms with van der Waals surface area (Å²) in [4.78, 5) is 10.3. The molecule has 1 aromatic rings. The summed E-state index contributed by atoms with van der Waals surface area (Å²) in [6.07, 6.45) is 4.11. The van der Waals surface area contributed by atoms with E-state index in [2.05, 4.69) is 5.32 Å². The van der Waals surface area contributed by atoms with Crippen LogP contribution in [0.1, 0.15) is 32.3 Å². The van der Waals surface area contributed by atoms with Gasteiger partial charge in [0.05, 0.1) is 4.92 Å². The van der Waals surface area contributed by atoms with E-state index in [4.69, 9.17) is 0 Å². The van der Waals surface area contributed by atoms with Gasteiger partial charge in [-0.05, 0) is 24.8 Å². The number of non-ortho nitro benzene ring substituents is 1. The minimum Gasteiger partial charge on any atom is -0.310 e. The second-order valence-corrected chi connectivity index (χ2v) is 5.49. The molecule has 108 valence electrons. The Bertz CT molecular complexity index is 537. The van der Waals surface area contributed by atoms with Crippen molar-refractivity contribution in [2.24, 2.45) is 5.92 Å². The quantitative estimate of drug-likeness (QED) is 0.639. The fourth-order valence-electron chi connectivity index (χ4n) is 1.93. The second-order valence-electron chi connectivity index (χ2n) is 5.49. The first-order valence-electron chi connectivity index (χ1n) is 6.85. The van der Waals surface area contributed by atoms with E-state index in [1.165, 1.54) is 25.0 Å². The van der Waals surface area contributed by atoms with E-state index in [-0.39, 0.29) is 17.2 Å². The Morgan fingerprint density at radius 1 is 1.55 bits per heavy atom. The standard InChI is InChI=1S/C15H19FN2O2/c1-10(2)12(9-17-13-3-4-13)7-11-8-14(18(19)20)5-6-15(11)16/h5-8,10,13,17H,3-4,9H2,1-2H3/b12-7+. The number of nitrogens with one attached hydrogen (secondary N) is 1. The van der Waals surface area contributed by atoms with E-state index in [0.29, 0.717) is 12.6 Å². The molecule has 0 bridgehead atoms. The van der Waals surface area contributed by atoms with Crippen LogP contribution in [-0.2, 0) is 0 Å². The molecule has 0 unspecified atom stereocenters. The molecule has 0 amide bonds. The van der Waals surface area contributed by atoms with Gasteiger partial charge >= 0.3 is 0 Å². The van der Waals surface area contributed by atoms with E-state index in [1.807, 2.05) is 13.8 Å². The SMILES string of the molecule is CC(C)/C(=C/c1cc([N+](=O)[O-])ccc1F)CNC1CC1. The third-order valence-electron chi connectivity index (χ3n) is 3.45. The van der Waals surface area contributed by atoms with E-state index in [9.17, 15) is 14.5 Å². The van der Waals surface area contributed by atoms with Crippen molar-refractivity contribution in [3.8, 4) is 0 Å². The summed E-state index contributed by atoms with van der Waals surface area (Å²) in [6.45, 7) is 4.77. The molecule has 0 heterocycles. The molecule has 0 aromatic heterocycles. The third kappa shape index (κ3) is 3.87. The van der Waals surface area contributed by atoms with Gasteiger partial charge in [0.15, 0.2) is 0 Å². The number of nitro groups is 1. The number of nitro benzene ring substituents is 1. The largest absolute Gasteiger partial charge is 0.310 e. The van der Waals surface area contributed by atoms with E-state index in [0.717, 1.165) is 11.6 Å². The monoisotopic (exact) mass is 278 g/mol. The van der Waals surface area contributed by atoms with Crippen molar-refractivity contribution >= 4 is 11.8 Å². The Balaban J connectivity index is 2.23. The van der Waals surface area contributed by atoms with Crippen molar-refractivity contribution in [2.45, 2.75) is 32.7 Å². The molecule has 0 atom stereocenters. The Morgan fingerprint density at radius 3 is 2.80 bits per heavy atom. The maximum Gasteiger partial charge on any atom is 0.270 e. The highest BCUT2D eigenvalue weighted by Gasteiger charge is 2.21. The first-order valence-corrected chi connectivity index (χ1v) is 6.85. The summed E-state index contributed by atoms with van der Waals surface area (Å²) in [7, 11) is 0. The molecule has 1 fully saturated rings. The summed E-state index contributed by atoms with van der Waals surface area (Å²) in [6, 6.07) is 4.20. The Kier molecular flexibility index (Phi) is 4.49. The van der Waals surface area contributed by atoms with Gasteiger partial charge in [0.2, 0.25) is 0 Å². The van der Waals surface area contributed by atoms with Crippen LogP contribution < -0.4 is 5.32 Å². The van der Waals surface area contributed by atoms with Crippen molar-refractivity contribution in [1.29, 1.82) is 0 Å². The van der Waals surface area contributed by atoms with Crippen LogP contribution in [0.2, 0.25) is 0 Å². The van der Waals surface area contributed by atoms with E-state index in [1.54, 1.807) is 6.08 Å². The molecule has 0 saturated heterocycles. The second kappa shape index (κ2) is 6.13. The van der Waals surface area contributed by atoms with Gasteiger partial charge in [-0.2, -0.15) is 0 Å². The molecule has 5 heteroatoms. The van der Waals surface area contributed by atoms with Gasteiger partial charge < -0.3 is 5.32 Å². The van der Waals surface area contributed by atoms with Crippen molar-refractivity contribution in [3.05, 3.63) is 45.3 Å². The summed E-state index contributed by atoms with van der Waals surface area (Å²) < 4.78 is 13.8. The topological polar surface area (TPSA) is 55.2 Å². The molecule has 2 rings (SSSR count). The van der Waals surface area contributed by atoms with Crippen molar-refractivity contribution in [2.75, 3.05) is 6.54 Å². The maximum atomic E-state index is 13.8. The van der Waals surface area contributed by atoms with Gasteiger partial charge in [0.25, 0.3) is 5.69 Å². The number of nitrogens with zero attached hydrogens (tertiary/aromatic N) is 1. The van der Waals surface area contributed by atoms with Crippen LogP contribution in [-0.4, -0.2) is 17.5 Å². The Labute approximate surface area is 117 Å². The van der Waals surface area contributed by atoms with E-state index < -0.39 is 10.7 Å². The lowest BCUT2D eigenvalue weighted by molar-refractivity contribution is -0.384. The number of halogens is 1. The van der Waals surface area contributed by atoms with Crippen LogP contribution in [0.25, 0.3) is 6.08 Å². The molecule has 1 aromatic carbocycles. The van der Waals surface area contributed by atoms with Gasteiger partial charge in [0.1, 0.15) is 5.82 Å². The lowest BCUT2D eigenvalue weighted by atomic mass is 9.99. The zero-order valence-corrected chi connectivity index (χ0v) is 11.7. The molecule has 1 N–H and O–H groups in total. The highest BCUT2D eigenvalue weighted by atomic mass is 19.1. The average Bonchev–Trinajstić information content (AvgIpc) is 3.19. The normalized spacial score (nSPS) is 15.7. The molecule has 0 spiro atoms.